The summed E-state index contributed by atoms with van der Waals surface area (Å²) in [6, 6.07) is 0. The Balaban J connectivity index is 2.11. The maximum atomic E-state index is 11.0. The zero-order chi connectivity index (χ0) is 12.5. The minimum atomic E-state index is -0.506. The fourth-order valence-corrected chi connectivity index (χ4v) is 3.69. The van der Waals surface area contributed by atoms with Crippen molar-refractivity contribution in [1.29, 1.82) is 0 Å². The monoisotopic (exact) mass is 240 g/mol. The van der Waals surface area contributed by atoms with Crippen LogP contribution < -0.4 is 5.73 Å². The van der Waals surface area contributed by atoms with Gasteiger partial charge in [0.15, 0.2) is 0 Å². The molecule has 3 nitrogen and oxygen atoms in total. The quantitative estimate of drug-likeness (QED) is 0.771. The van der Waals surface area contributed by atoms with E-state index in [4.69, 9.17) is 5.73 Å². The Kier molecular flexibility index (Phi) is 3.81. The molecule has 2 fully saturated rings. The van der Waals surface area contributed by atoms with Crippen LogP contribution in [0.15, 0.2) is 0 Å². The maximum Gasteiger partial charge on any atom is 0.0740 e. The first kappa shape index (κ1) is 13.3. The third-order valence-corrected chi connectivity index (χ3v) is 5.42. The van der Waals surface area contributed by atoms with Gasteiger partial charge in [-0.15, -0.1) is 0 Å². The third-order valence-electron chi connectivity index (χ3n) is 5.42. The number of hydrogen-bond acceptors (Lipinski definition) is 3. The van der Waals surface area contributed by atoms with E-state index in [-0.39, 0.29) is 5.41 Å². The van der Waals surface area contributed by atoms with Crippen molar-refractivity contribution < 1.29 is 5.11 Å². The molecule has 1 aliphatic carbocycles. The number of aliphatic hydroxyl groups is 1. The highest BCUT2D eigenvalue weighted by atomic mass is 16.3. The summed E-state index contributed by atoms with van der Waals surface area (Å²) in [5.41, 5.74) is 5.56. The van der Waals surface area contributed by atoms with E-state index in [1.165, 1.54) is 12.8 Å². The Bertz CT molecular complexity index is 251. The fraction of sp³-hybridized carbons (Fsp3) is 1.00. The Labute approximate surface area is 105 Å². The van der Waals surface area contributed by atoms with Gasteiger partial charge in [-0.1, -0.05) is 19.8 Å². The normalized spacial score (nSPS) is 39.2. The molecule has 0 aromatic rings. The molecule has 0 unspecified atom stereocenters. The molecule has 0 amide bonds. The van der Waals surface area contributed by atoms with Crippen LogP contribution >= 0.6 is 0 Å². The van der Waals surface area contributed by atoms with Crippen LogP contribution in [-0.2, 0) is 0 Å². The van der Waals surface area contributed by atoms with Gasteiger partial charge in [0.05, 0.1) is 5.60 Å². The number of rotatable bonds is 2. The van der Waals surface area contributed by atoms with E-state index in [1.54, 1.807) is 0 Å². The largest absolute Gasteiger partial charge is 0.389 e. The summed E-state index contributed by atoms with van der Waals surface area (Å²) in [6.07, 6.45) is 6.49. The second-order valence-corrected chi connectivity index (χ2v) is 6.50. The van der Waals surface area contributed by atoms with Crippen molar-refractivity contribution in [2.75, 3.05) is 26.7 Å². The predicted octanol–water partition coefficient (Wildman–Crippen LogP) is 1.60. The van der Waals surface area contributed by atoms with Crippen molar-refractivity contribution in [2.45, 2.75) is 51.0 Å². The molecule has 1 saturated heterocycles. The number of nitrogens with two attached hydrogens (primary N) is 1. The highest BCUT2D eigenvalue weighted by Gasteiger charge is 2.50. The van der Waals surface area contributed by atoms with Crippen LogP contribution in [0.2, 0.25) is 0 Å². The van der Waals surface area contributed by atoms with E-state index >= 15 is 0 Å². The molecule has 3 heteroatoms. The molecule has 1 saturated carbocycles. The zero-order valence-corrected chi connectivity index (χ0v) is 11.4. The van der Waals surface area contributed by atoms with Crippen LogP contribution in [0.5, 0.6) is 0 Å². The molecular formula is C14H28N2O. The number of likely N-dealkylation sites (tertiary alicyclic amines) is 1. The molecule has 0 bridgehead atoms. The molecule has 0 aromatic carbocycles. The average Bonchev–Trinajstić information content (AvgIpc) is 2.34. The number of nitrogens with zero attached hydrogens (tertiary/aromatic N) is 1. The van der Waals surface area contributed by atoms with Gasteiger partial charge in [0.2, 0.25) is 0 Å². The lowest BCUT2D eigenvalue weighted by Gasteiger charge is -2.53. The van der Waals surface area contributed by atoms with Gasteiger partial charge in [-0.2, -0.15) is 0 Å². The van der Waals surface area contributed by atoms with Crippen LogP contribution in [0.3, 0.4) is 0 Å². The third kappa shape index (κ3) is 2.38. The van der Waals surface area contributed by atoms with Gasteiger partial charge < -0.3 is 15.7 Å². The van der Waals surface area contributed by atoms with Crippen molar-refractivity contribution >= 4 is 0 Å². The topological polar surface area (TPSA) is 49.5 Å². The Morgan fingerprint density at radius 2 is 1.71 bits per heavy atom. The molecule has 0 spiro atoms. The number of hydrogen-bond donors (Lipinski definition) is 2. The van der Waals surface area contributed by atoms with Crippen molar-refractivity contribution in [3.63, 3.8) is 0 Å². The van der Waals surface area contributed by atoms with Gasteiger partial charge in [-0.25, -0.2) is 0 Å². The summed E-state index contributed by atoms with van der Waals surface area (Å²) >= 11 is 0. The minimum Gasteiger partial charge on any atom is -0.389 e. The van der Waals surface area contributed by atoms with E-state index < -0.39 is 5.60 Å². The van der Waals surface area contributed by atoms with Crippen LogP contribution in [0.25, 0.3) is 0 Å². The van der Waals surface area contributed by atoms with Gasteiger partial charge >= 0.3 is 0 Å². The Hall–Kier alpha value is -0.120. The minimum absolute atomic E-state index is 0.000764. The molecule has 0 radical (unpaired) electrons. The summed E-state index contributed by atoms with van der Waals surface area (Å²) in [7, 11) is 2.14. The van der Waals surface area contributed by atoms with Gasteiger partial charge in [0.1, 0.15) is 0 Å². The molecule has 1 heterocycles. The maximum absolute atomic E-state index is 11.0. The molecule has 0 aromatic heterocycles. The highest BCUT2D eigenvalue weighted by Crippen LogP contribution is 2.49. The van der Waals surface area contributed by atoms with Crippen molar-refractivity contribution in [3.05, 3.63) is 0 Å². The van der Waals surface area contributed by atoms with Crippen LogP contribution in [-0.4, -0.2) is 42.3 Å². The summed E-state index contributed by atoms with van der Waals surface area (Å²) in [5.74, 6) is 0.810. The first-order chi connectivity index (χ1) is 8.01. The van der Waals surface area contributed by atoms with Gasteiger partial charge in [0.25, 0.3) is 0 Å². The van der Waals surface area contributed by atoms with Gasteiger partial charge in [0, 0.05) is 25.0 Å². The molecule has 3 N–H and O–H groups in total. The van der Waals surface area contributed by atoms with E-state index in [0.29, 0.717) is 6.54 Å². The molecule has 100 valence electrons. The molecule has 17 heavy (non-hydrogen) atoms. The van der Waals surface area contributed by atoms with Crippen LogP contribution in [0.1, 0.15) is 45.4 Å². The smallest absolute Gasteiger partial charge is 0.0740 e. The van der Waals surface area contributed by atoms with Crippen molar-refractivity contribution in [2.24, 2.45) is 17.1 Å². The highest BCUT2D eigenvalue weighted by molar-refractivity contribution is 5.03. The first-order valence-corrected chi connectivity index (χ1v) is 7.12. The lowest BCUT2D eigenvalue weighted by molar-refractivity contribution is -0.133. The number of piperidine rings is 1. The van der Waals surface area contributed by atoms with Gasteiger partial charge in [-0.3, -0.25) is 0 Å². The first-order valence-electron chi connectivity index (χ1n) is 7.12. The second-order valence-electron chi connectivity index (χ2n) is 6.50. The Morgan fingerprint density at radius 3 is 2.18 bits per heavy atom. The molecule has 2 rings (SSSR count). The molecule has 2 aliphatic rings. The zero-order valence-electron chi connectivity index (χ0n) is 11.4. The molecule has 1 aliphatic heterocycles. The van der Waals surface area contributed by atoms with Crippen LogP contribution in [0, 0.1) is 11.3 Å². The molecular weight excluding hydrogens is 212 g/mol. The lowest BCUT2D eigenvalue weighted by Crippen LogP contribution is -2.58. The summed E-state index contributed by atoms with van der Waals surface area (Å²) in [6.45, 7) is 4.99. The summed E-state index contributed by atoms with van der Waals surface area (Å²) < 4.78 is 0. The summed E-state index contributed by atoms with van der Waals surface area (Å²) in [5, 5.41) is 11.0. The molecule has 0 atom stereocenters. The van der Waals surface area contributed by atoms with Crippen molar-refractivity contribution in [3.8, 4) is 0 Å². The predicted molar refractivity (Wildman–Crippen MR) is 70.8 cm³/mol. The van der Waals surface area contributed by atoms with E-state index in [9.17, 15) is 5.11 Å². The Morgan fingerprint density at radius 1 is 1.18 bits per heavy atom. The second kappa shape index (κ2) is 4.87. The van der Waals surface area contributed by atoms with Gasteiger partial charge in [-0.05, 0) is 38.6 Å². The average molecular weight is 240 g/mol. The summed E-state index contributed by atoms with van der Waals surface area (Å²) in [4.78, 5) is 2.31. The fourth-order valence-electron chi connectivity index (χ4n) is 3.69. The van der Waals surface area contributed by atoms with Crippen molar-refractivity contribution in [1.82, 2.24) is 4.90 Å². The van der Waals surface area contributed by atoms with Crippen LogP contribution in [0.4, 0.5) is 0 Å². The van der Waals surface area contributed by atoms with E-state index in [1.807, 2.05) is 0 Å². The van der Waals surface area contributed by atoms with E-state index in [0.717, 1.165) is 44.7 Å². The standard InChI is InChI=1S/C14H28N2O/c1-12-3-5-13(11-15,6-4-12)14(17)7-9-16(2)10-8-14/h12,17H,3-11,15H2,1-2H3. The lowest BCUT2D eigenvalue weighted by atomic mass is 9.59. The van der Waals surface area contributed by atoms with E-state index in [2.05, 4.69) is 18.9 Å². The SMILES string of the molecule is CC1CCC(CN)(C2(O)CCN(C)CC2)CC1.